The highest BCUT2D eigenvalue weighted by Crippen LogP contribution is 2.18. The summed E-state index contributed by atoms with van der Waals surface area (Å²) >= 11 is 1.76. The van der Waals surface area contributed by atoms with E-state index >= 15 is 0 Å². The van der Waals surface area contributed by atoms with E-state index in [0.29, 0.717) is 6.54 Å². The number of aliphatic hydroxyl groups is 1. The van der Waals surface area contributed by atoms with E-state index in [1.165, 1.54) is 10.5 Å². The Balaban J connectivity index is 1.90. The first-order chi connectivity index (χ1) is 10.2. The van der Waals surface area contributed by atoms with Gasteiger partial charge in [0.25, 0.3) is 0 Å². The van der Waals surface area contributed by atoms with Gasteiger partial charge in [-0.2, -0.15) is 0 Å². The Kier molecular flexibility index (Phi) is 5.96. The predicted molar refractivity (Wildman–Crippen MR) is 92.3 cm³/mol. The Bertz CT molecular complexity index is 540. The summed E-state index contributed by atoms with van der Waals surface area (Å²) < 4.78 is 0. The third-order valence-corrected chi connectivity index (χ3v) is 4.14. The van der Waals surface area contributed by atoms with Gasteiger partial charge in [-0.15, -0.1) is 11.8 Å². The van der Waals surface area contributed by atoms with Crippen molar-refractivity contribution in [3.8, 4) is 0 Å². The van der Waals surface area contributed by atoms with E-state index in [1.807, 2.05) is 11.9 Å². The normalized spacial score (nSPS) is 10.4. The molecule has 0 bridgehead atoms. The van der Waals surface area contributed by atoms with Crippen molar-refractivity contribution < 1.29 is 5.11 Å². The summed E-state index contributed by atoms with van der Waals surface area (Å²) in [6.45, 7) is 1.64. The van der Waals surface area contributed by atoms with Crippen molar-refractivity contribution in [2.45, 2.75) is 11.4 Å². The minimum atomic E-state index is 0.169. The highest BCUT2D eigenvalue weighted by molar-refractivity contribution is 7.98. The zero-order valence-corrected chi connectivity index (χ0v) is 13.4. The molecule has 2 rings (SSSR count). The van der Waals surface area contributed by atoms with E-state index in [1.54, 1.807) is 11.8 Å². The van der Waals surface area contributed by atoms with Crippen molar-refractivity contribution in [3.63, 3.8) is 0 Å². The summed E-state index contributed by atoms with van der Waals surface area (Å²) in [6, 6.07) is 16.9. The molecule has 0 aliphatic rings. The lowest BCUT2D eigenvalue weighted by molar-refractivity contribution is 0.304. The maximum absolute atomic E-state index is 8.94. The minimum Gasteiger partial charge on any atom is -0.395 e. The van der Waals surface area contributed by atoms with Crippen LogP contribution >= 0.6 is 11.8 Å². The molecule has 0 radical (unpaired) electrons. The summed E-state index contributed by atoms with van der Waals surface area (Å²) in [4.78, 5) is 3.32. The fourth-order valence-electron chi connectivity index (χ4n) is 2.06. The molecule has 0 saturated carbocycles. The number of rotatable bonds is 7. The molecule has 0 aliphatic carbocycles. The Labute approximate surface area is 131 Å². The van der Waals surface area contributed by atoms with Crippen LogP contribution in [0.15, 0.2) is 53.4 Å². The van der Waals surface area contributed by atoms with E-state index in [-0.39, 0.29) is 6.61 Å². The lowest BCUT2D eigenvalue weighted by Gasteiger charge is -2.18. The number of nitrogens with one attached hydrogen (secondary N) is 1. The van der Waals surface area contributed by atoms with Crippen molar-refractivity contribution in [2.75, 3.05) is 36.7 Å². The number of hydrogen-bond donors (Lipinski definition) is 2. The van der Waals surface area contributed by atoms with Crippen LogP contribution in [-0.2, 0) is 6.54 Å². The first kappa shape index (κ1) is 15.7. The van der Waals surface area contributed by atoms with E-state index in [0.717, 1.165) is 17.9 Å². The first-order valence-electron chi connectivity index (χ1n) is 7.02. The maximum Gasteiger partial charge on any atom is 0.0606 e. The average molecular weight is 302 g/mol. The molecule has 0 aliphatic heterocycles. The molecule has 0 saturated heterocycles. The largest absolute Gasteiger partial charge is 0.395 e. The SMILES string of the molecule is CSc1ccc(CNc2ccc(N(C)CCO)cc2)cc1. The number of thioether (sulfide) groups is 1. The number of likely N-dealkylation sites (N-methyl/N-ethyl adjacent to an activating group) is 1. The third-order valence-electron chi connectivity index (χ3n) is 3.40. The molecule has 4 heteroatoms. The number of nitrogens with zero attached hydrogens (tertiary/aromatic N) is 1. The van der Waals surface area contributed by atoms with E-state index < -0.39 is 0 Å². The summed E-state index contributed by atoms with van der Waals surface area (Å²) in [5.74, 6) is 0. The van der Waals surface area contributed by atoms with Crippen LogP contribution in [0.3, 0.4) is 0 Å². The van der Waals surface area contributed by atoms with Gasteiger partial charge < -0.3 is 15.3 Å². The zero-order valence-electron chi connectivity index (χ0n) is 12.5. The van der Waals surface area contributed by atoms with Gasteiger partial charge in [0.1, 0.15) is 0 Å². The summed E-state index contributed by atoms with van der Waals surface area (Å²) in [5, 5.41) is 12.4. The van der Waals surface area contributed by atoms with Crippen LogP contribution < -0.4 is 10.2 Å². The van der Waals surface area contributed by atoms with Gasteiger partial charge in [-0.25, -0.2) is 0 Å². The van der Waals surface area contributed by atoms with Gasteiger partial charge in [0.2, 0.25) is 0 Å². The molecule has 0 amide bonds. The number of aliphatic hydroxyl groups excluding tert-OH is 1. The smallest absolute Gasteiger partial charge is 0.0606 e. The minimum absolute atomic E-state index is 0.169. The number of anilines is 2. The highest BCUT2D eigenvalue weighted by Gasteiger charge is 2.00. The molecule has 112 valence electrons. The molecule has 2 N–H and O–H groups in total. The molecule has 3 nitrogen and oxygen atoms in total. The van der Waals surface area contributed by atoms with E-state index in [4.69, 9.17) is 5.11 Å². The Morgan fingerprint density at radius 3 is 2.29 bits per heavy atom. The summed E-state index contributed by atoms with van der Waals surface area (Å²) in [5.41, 5.74) is 3.48. The van der Waals surface area contributed by atoms with Gasteiger partial charge >= 0.3 is 0 Å². The van der Waals surface area contributed by atoms with Crippen LogP contribution in [0.1, 0.15) is 5.56 Å². The molecule has 0 fully saturated rings. The van der Waals surface area contributed by atoms with Crippen molar-refractivity contribution in [3.05, 3.63) is 54.1 Å². The Morgan fingerprint density at radius 1 is 1.05 bits per heavy atom. The van der Waals surface area contributed by atoms with Gasteiger partial charge in [0.15, 0.2) is 0 Å². The van der Waals surface area contributed by atoms with Crippen LogP contribution in [0.4, 0.5) is 11.4 Å². The zero-order chi connectivity index (χ0) is 15.1. The van der Waals surface area contributed by atoms with Crippen molar-refractivity contribution in [1.29, 1.82) is 0 Å². The summed E-state index contributed by atoms with van der Waals surface area (Å²) in [7, 11) is 1.98. The molecular weight excluding hydrogens is 280 g/mol. The second-order valence-electron chi connectivity index (χ2n) is 4.89. The molecule has 2 aromatic carbocycles. The standard InChI is InChI=1S/C17H22N2OS/c1-19(11-12-20)16-7-5-15(6-8-16)18-13-14-3-9-17(21-2)10-4-14/h3-10,18,20H,11-13H2,1-2H3. The fourth-order valence-corrected chi connectivity index (χ4v) is 2.47. The van der Waals surface area contributed by atoms with Gasteiger partial charge in [0, 0.05) is 36.4 Å². The highest BCUT2D eigenvalue weighted by atomic mass is 32.2. The second-order valence-corrected chi connectivity index (χ2v) is 5.77. The van der Waals surface area contributed by atoms with Crippen molar-refractivity contribution in [1.82, 2.24) is 0 Å². The van der Waals surface area contributed by atoms with Gasteiger partial charge in [0.05, 0.1) is 6.61 Å². The summed E-state index contributed by atoms with van der Waals surface area (Å²) in [6.07, 6.45) is 2.09. The van der Waals surface area contributed by atoms with E-state index in [2.05, 4.69) is 60.1 Å². The second kappa shape index (κ2) is 7.96. The molecule has 0 unspecified atom stereocenters. The molecule has 0 aromatic heterocycles. The lowest BCUT2D eigenvalue weighted by atomic mass is 10.2. The molecule has 0 heterocycles. The predicted octanol–water partition coefficient (Wildman–Crippen LogP) is 3.45. The van der Waals surface area contributed by atoms with E-state index in [9.17, 15) is 0 Å². The maximum atomic E-state index is 8.94. The Hall–Kier alpha value is -1.65. The van der Waals surface area contributed by atoms with Gasteiger partial charge in [-0.3, -0.25) is 0 Å². The molecule has 2 aromatic rings. The number of benzene rings is 2. The van der Waals surface area contributed by atoms with Crippen molar-refractivity contribution >= 4 is 23.1 Å². The quantitative estimate of drug-likeness (QED) is 0.768. The molecule has 0 spiro atoms. The van der Waals surface area contributed by atoms with Crippen LogP contribution in [0.25, 0.3) is 0 Å². The molecule has 21 heavy (non-hydrogen) atoms. The monoisotopic (exact) mass is 302 g/mol. The lowest BCUT2D eigenvalue weighted by Crippen LogP contribution is -2.20. The third kappa shape index (κ3) is 4.69. The van der Waals surface area contributed by atoms with Gasteiger partial charge in [-0.1, -0.05) is 12.1 Å². The van der Waals surface area contributed by atoms with Gasteiger partial charge in [-0.05, 0) is 48.2 Å². The fraction of sp³-hybridized carbons (Fsp3) is 0.294. The Morgan fingerprint density at radius 2 is 1.71 bits per heavy atom. The van der Waals surface area contributed by atoms with Crippen LogP contribution in [0.5, 0.6) is 0 Å². The first-order valence-corrected chi connectivity index (χ1v) is 8.24. The molecule has 0 atom stereocenters. The van der Waals surface area contributed by atoms with Crippen LogP contribution in [-0.4, -0.2) is 31.6 Å². The van der Waals surface area contributed by atoms with Crippen LogP contribution in [0, 0.1) is 0 Å². The molecular formula is C17H22N2OS. The topological polar surface area (TPSA) is 35.5 Å². The van der Waals surface area contributed by atoms with Crippen LogP contribution in [0.2, 0.25) is 0 Å². The number of hydrogen-bond acceptors (Lipinski definition) is 4. The average Bonchev–Trinajstić information content (AvgIpc) is 2.54. The van der Waals surface area contributed by atoms with Crippen molar-refractivity contribution in [2.24, 2.45) is 0 Å².